The van der Waals surface area contributed by atoms with Crippen LogP contribution >= 0.6 is 0 Å². The van der Waals surface area contributed by atoms with Gasteiger partial charge in [-0.1, -0.05) is 194 Å². The van der Waals surface area contributed by atoms with Gasteiger partial charge in [0.2, 0.25) is 0 Å². The summed E-state index contributed by atoms with van der Waals surface area (Å²) in [5, 5.41) is 12.1. The van der Waals surface area contributed by atoms with Gasteiger partial charge in [0.25, 0.3) is 0 Å². The van der Waals surface area contributed by atoms with Crippen LogP contribution in [-0.4, -0.2) is 0 Å². The largest absolute Gasteiger partial charge is 0.456 e. The molecular weight excluding hydrogens is 799 g/mol. The van der Waals surface area contributed by atoms with Crippen LogP contribution in [0.15, 0.2) is 253 Å². The molecule has 308 valence electrons. The molecule has 0 radical (unpaired) electrons. The Morgan fingerprint density at radius 2 is 0.788 bits per heavy atom. The third-order valence-corrected chi connectivity index (χ3v) is 13.4. The lowest BCUT2D eigenvalue weighted by Gasteiger charge is -2.28. The van der Waals surface area contributed by atoms with Crippen molar-refractivity contribution in [2.24, 2.45) is 0 Å². The average molecular weight is 840 g/mol. The Morgan fingerprint density at radius 1 is 0.258 bits per heavy atom. The first kappa shape index (κ1) is 37.8. The lowest BCUT2D eigenvalue weighted by Crippen LogP contribution is -2.10. The maximum Gasteiger partial charge on any atom is 0.136 e. The third kappa shape index (κ3) is 6.34. The topological polar surface area (TPSA) is 16.4 Å². The maximum atomic E-state index is 6.27. The smallest absolute Gasteiger partial charge is 0.136 e. The molecular formula is C64H41NO. The molecule has 13 rings (SSSR count). The van der Waals surface area contributed by atoms with Gasteiger partial charge >= 0.3 is 0 Å². The van der Waals surface area contributed by atoms with Crippen molar-refractivity contribution in [3.05, 3.63) is 249 Å². The lowest BCUT2D eigenvalue weighted by atomic mass is 9.87. The number of hydrogen-bond donors (Lipinski definition) is 0. The van der Waals surface area contributed by atoms with Crippen molar-refractivity contribution >= 4 is 82.1 Å². The number of nitrogens with zero attached hydrogens (tertiary/aromatic N) is 1. The van der Waals surface area contributed by atoms with E-state index in [1.54, 1.807) is 0 Å². The van der Waals surface area contributed by atoms with Crippen LogP contribution in [0.25, 0.3) is 110 Å². The van der Waals surface area contributed by atoms with Gasteiger partial charge in [-0.05, 0) is 137 Å². The fourth-order valence-corrected chi connectivity index (χ4v) is 10.3. The molecule has 0 unspecified atom stereocenters. The van der Waals surface area contributed by atoms with Crippen molar-refractivity contribution in [3.63, 3.8) is 0 Å². The average Bonchev–Trinajstić information content (AvgIpc) is 3.77. The molecule has 12 aromatic carbocycles. The van der Waals surface area contributed by atoms with Crippen LogP contribution in [0, 0.1) is 0 Å². The molecule has 0 fully saturated rings. The van der Waals surface area contributed by atoms with Gasteiger partial charge in [0.1, 0.15) is 11.2 Å². The van der Waals surface area contributed by atoms with E-state index in [2.05, 4.69) is 241 Å². The van der Waals surface area contributed by atoms with Gasteiger partial charge in [0.15, 0.2) is 0 Å². The van der Waals surface area contributed by atoms with Crippen molar-refractivity contribution in [1.29, 1.82) is 0 Å². The second-order valence-corrected chi connectivity index (χ2v) is 17.2. The van der Waals surface area contributed by atoms with E-state index >= 15 is 0 Å². The van der Waals surface area contributed by atoms with E-state index in [1.165, 1.54) is 65.3 Å². The fraction of sp³-hybridized carbons (Fsp3) is 0. The van der Waals surface area contributed by atoms with Crippen molar-refractivity contribution in [2.45, 2.75) is 0 Å². The van der Waals surface area contributed by atoms with E-state index in [9.17, 15) is 0 Å². The Hall–Kier alpha value is -8.72. The Morgan fingerprint density at radius 3 is 1.56 bits per heavy atom. The zero-order valence-corrected chi connectivity index (χ0v) is 36.0. The van der Waals surface area contributed by atoms with Crippen LogP contribution in [0.4, 0.5) is 17.1 Å². The zero-order valence-electron chi connectivity index (χ0n) is 36.0. The number of rotatable bonds is 7. The van der Waals surface area contributed by atoms with E-state index < -0.39 is 0 Å². The number of anilines is 3. The van der Waals surface area contributed by atoms with Crippen molar-refractivity contribution < 1.29 is 4.42 Å². The second kappa shape index (κ2) is 15.5. The third-order valence-electron chi connectivity index (χ3n) is 13.4. The van der Waals surface area contributed by atoms with E-state index in [0.717, 1.165) is 61.3 Å². The molecule has 0 bridgehead atoms. The van der Waals surface area contributed by atoms with Gasteiger partial charge in [-0.15, -0.1) is 0 Å². The summed E-state index contributed by atoms with van der Waals surface area (Å²) in [7, 11) is 0. The minimum absolute atomic E-state index is 0.903. The van der Waals surface area contributed by atoms with Crippen LogP contribution in [0.2, 0.25) is 0 Å². The Labute approximate surface area is 382 Å². The van der Waals surface area contributed by atoms with E-state index in [-0.39, 0.29) is 0 Å². The summed E-state index contributed by atoms with van der Waals surface area (Å²) in [6, 6.07) is 90.4. The molecule has 0 N–H and O–H groups in total. The highest BCUT2D eigenvalue weighted by molar-refractivity contribution is 6.15. The summed E-state index contributed by atoms with van der Waals surface area (Å²) >= 11 is 0. The number of furan rings is 1. The predicted molar refractivity (Wildman–Crippen MR) is 280 cm³/mol. The number of benzene rings is 12. The molecule has 0 saturated carbocycles. The van der Waals surface area contributed by atoms with Crippen LogP contribution in [0.1, 0.15) is 0 Å². The van der Waals surface area contributed by atoms with E-state index in [0.29, 0.717) is 0 Å². The maximum absolute atomic E-state index is 6.27. The Bertz CT molecular complexity index is 3990. The van der Waals surface area contributed by atoms with Crippen LogP contribution < -0.4 is 4.90 Å². The molecule has 1 heterocycles. The highest BCUT2D eigenvalue weighted by Crippen LogP contribution is 2.45. The van der Waals surface area contributed by atoms with Crippen LogP contribution in [-0.2, 0) is 0 Å². The molecule has 2 heteroatoms. The molecule has 0 saturated heterocycles. The predicted octanol–water partition coefficient (Wildman–Crippen LogP) is 18.3. The lowest BCUT2D eigenvalue weighted by molar-refractivity contribution is 0.669. The fourth-order valence-electron chi connectivity index (χ4n) is 10.3. The summed E-state index contributed by atoms with van der Waals surface area (Å²) in [6.45, 7) is 0. The van der Waals surface area contributed by atoms with Crippen LogP contribution in [0.5, 0.6) is 0 Å². The minimum Gasteiger partial charge on any atom is -0.456 e. The summed E-state index contributed by atoms with van der Waals surface area (Å²) in [6.07, 6.45) is 0. The van der Waals surface area contributed by atoms with Gasteiger partial charge in [-0.2, -0.15) is 0 Å². The molecule has 13 aromatic rings. The van der Waals surface area contributed by atoms with E-state index in [1.807, 2.05) is 12.1 Å². The normalized spacial score (nSPS) is 11.6. The van der Waals surface area contributed by atoms with E-state index in [4.69, 9.17) is 4.42 Å². The minimum atomic E-state index is 0.903. The summed E-state index contributed by atoms with van der Waals surface area (Å²) in [4.78, 5) is 2.42. The molecule has 0 atom stereocenters. The number of para-hydroxylation sites is 1. The number of hydrogen-bond acceptors (Lipinski definition) is 2. The van der Waals surface area contributed by atoms with Gasteiger partial charge in [-0.25, -0.2) is 0 Å². The Kier molecular flexibility index (Phi) is 8.89. The number of fused-ring (bicyclic) bond motifs is 8. The van der Waals surface area contributed by atoms with Crippen molar-refractivity contribution in [3.8, 4) is 44.5 Å². The molecule has 1 aromatic heterocycles. The highest BCUT2D eigenvalue weighted by Gasteiger charge is 2.20. The molecule has 0 aliphatic carbocycles. The first-order chi connectivity index (χ1) is 32.7. The zero-order chi connectivity index (χ0) is 43.6. The summed E-state index contributed by atoms with van der Waals surface area (Å²) in [5.41, 5.74) is 14.6. The van der Waals surface area contributed by atoms with Crippen LogP contribution in [0.3, 0.4) is 0 Å². The van der Waals surface area contributed by atoms with Crippen molar-refractivity contribution in [2.75, 3.05) is 4.90 Å². The first-order valence-electron chi connectivity index (χ1n) is 22.7. The Balaban J connectivity index is 0.928. The van der Waals surface area contributed by atoms with Gasteiger partial charge in [-0.3, -0.25) is 0 Å². The standard InChI is InChI=1S/C64H41NO/c1-4-19-52-43(13-1)16-12-25-60(52)64-54-21-6-2-14-44(54)31-37-55(64)45-29-35-51(36-30-45)65(61-40-49-15-3-5-20-53(49)56-22-7-8-23-57(56)61)50-33-27-42(28-34-50)46-17-11-18-47(39-46)48-32-38-59-58-24-9-10-26-62(58)66-63(59)41-48/h1-41H. The second-order valence-electron chi connectivity index (χ2n) is 17.2. The highest BCUT2D eigenvalue weighted by atomic mass is 16.3. The molecule has 0 amide bonds. The van der Waals surface area contributed by atoms with Crippen molar-refractivity contribution in [1.82, 2.24) is 0 Å². The molecule has 2 nitrogen and oxygen atoms in total. The quantitative estimate of drug-likeness (QED) is 0.149. The molecule has 0 aliphatic heterocycles. The SMILES string of the molecule is c1cc(-c2ccc(N(c3ccc(-c4ccc5ccccc5c4-c4cccc5ccccc45)cc3)c3cc4ccccc4c4ccccc34)cc2)cc(-c2ccc3c(c2)oc2ccccc23)c1. The molecule has 0 aliphatic rings. The van der Waals surface area contributed by atoms with Gasteiger partial charge in [0.05, 0.1) is 5.69 Å². The first-order valence-corrected chi connectivity index (χ1v) is 22.7. The van der Waals surface area contributed by atoms with Gasteiger partial charge in [0, 0.05) is 27.5 Å². The molecule has 0 spiro atoms. The summed E-state index contributed by atoms with van der Waals surface area (Å²) in [5.74, 6) is 0. The summed E-state index contributed by atoms with van der Waals surface area (Å²) < 4.78 is 6.27. The van der Waals surface area contributed by atoms with Gasteiger partial charge < -0.3 is 9.32 Å². The molecule has 66 heavy (non-hydrogen) atoms. The monoisotopic (exact) mass is 839 g/mol.